The topological polar surface area (TPSA) is 72.1 Å². The standard InChI is InChI=1S/C27H22F3NO5/c28-27(29,30)26-25(35-19-8-6-18(7-9-19)17-4-2-1-3-5-17)23(33)20-10-11-22(32)21(24(20)36-26)16-31-12-14-34-15-13-31/h1-11,32H,12-16H2. The minimum Gasteiger partial charge on any atom is -0.507 e. The van der Waals surface area contributed by atoms with Crippen LogP contribution in [0.15, 0.2) is 75.9 Å². The molecule has 6 nitrogen and oxygen atoms in total. The van der Waals surface area contributed by atoms with Crippen LogP contribution in [0.5, 0.6) is 17.2 Å². The number of morpholine rings is 1. The maximum Gasteiger partial charge on any atom is 0.453 e. The first-order chi connectivity index (χ1) is 17.3. The largest absolute Gasteiger partial charge is 0.507 e. The summed E-state index contributed by atoms with van der Waals surface area (Å²) in [6.45, 7) is 2.10. The highest BCUT2D eigenvalue weighted by Gasteiger charge is 2.41. The molecule has 0 radical (unpaired) electrons. The van der Waals surface area contributed by atoms with Gasteiger partial charge >= 0.3 is 6.18 Å². The summed E-state index contributed by atoms with van der Waals surface area (Å²) in [6, 6.07) is 18.3. The number of benzene rings is 3. The van der Waals surface area contributed by atoms with Crippen molar-refractivity contribution in [1.29, 1.82) is 0 Å². The van der Waals surface area contributed by atoms with Crippen molar-refractivity contribution >= 4 is 11.0 Å². The number of fused-ring (bicyclic) bond motifs is 1. The summed E-state index contributed by atoms with van der Waals surface area (Å²) >= 11 is 0. The Morgan fingerprint density at radius 3 is 2.25 bits per heavy atom. The Labute approximate surface area is 204 Å². The molecule has 1 saturated heterocycles. The van der Waals surface area contributed by atoms with E-state index in [0.717, 1.165) is 11.1 Å². The van der Waals surface area contributed by atoms with E-state index in [4.69, 9.17) is 13.9 Å². The first kappa shape index (κ1) is 23.9. The van der Waals surface area contributed by atoms with Gasteiger partial charge in [-0.2, -0.15) is 13.2 Å². The Kier molecular flexibility index (Phi) is 6.42. The van der Waals surface area contributed by atoms with E-state index in [-0.39, 0.29) is 34.6 Å². The van der Waals surface area contributed by atoms with Gasteiger partial charge in [-0.3, -0.25) is 9.69 Å². The van der Waals surface area contributed by atoms with E-state index >= 15 is 0 Å². The monoisotopic (exact) mass is 497 g/mol. The highest BCUT2D eigenvalue weighted by atomic mass is 19.4. The van der Waals surface area contributed by atoms with Crippen LogP contribution in [-0.2, 0) is 17.5 Å². The molecule has 4 aromatic rings. The van der Waals surface area contributed by atoms with E-state index < -0.39 is 23.1 Å². The molecule has 1 N–H and O–H groups in total. The second kappa shape index (κ2) is 9.67. The number of phenols is 1. The molecule has 0 bridgehead atoms. The summed E-state index contributed by atoms with van der Waals surface area (Å²) in [5.74, 6) is -2.71. The molecule has 0 atom stereocenters. The molecular weight excluding hydrogens is 475 g/mol. The molecule has 9 heteroatoms. The fourth-order valence-electron chi connectivity index (χ4n) is 4.17. The lowest BCUT2D eigenvalue weighted by molar-refractivity contribution is -0.154. The van der Waals surface area contributed by atoms with Crippen molar-refractivity contribution in [2.45, 2.75) is 12.7 Å². The third-order valence-corrected chi connectivity index (χ3v) is 6.02. The minimum absolute atomic E-state index is 0.0548. The fraction of sp³-hybridized carbons (Fsp3) is 0.222. The average molecular weight is 497 g/mol. The number of aromatic hydroxyl groups is 1. The zero-order chi connectivity index (χ0) is 25.3. The molecular formula is C27H22F3NO5. The van der Waals surface area contributed by atoms with E-state index in [1.165, 1.54) is 24.3 Å². The van der Waals surface area contributed by atoms with E-state index in [2.05, 4.69) is 0 Å². The van der Waals surface area contributed by atoms with Gasteiger partial charge in [0, 0.05) is 19.6 Å². The predicted octanol–water partition coefficient (Wildman–Crippen LogP) is 5.81. The van der Waals surface area contributed by atoms with E-state index in [1.807, 2.05) is 35.2 Å². The van der Waals surface area contributed by atoms with E-state index in [1.54, 1.807) is 12.1 Å². The summed E-state index contributed by atoms with van der Waals surface area (Å²) in [4.78, 5) is 15.2. The van der Waals surface area contributed by atoms with Crippen molar-refractivity contribution in [3.63, 3.8) is 0 Å². The third kappa shape index (κ3) is 4.80. The molecule has 186 valence electrons. The Balaban J connectivity index is 1.56. The number of nitrogens with zero attached hydrogens (tertiary/aromatic N) is 1. The molecule has 2 heterocycles. The first-order valence-electron chi connectivity index (χ1n) is 11.3. The number of hydrogen-bond donors (Lipinski definition) is 1. The summed E-state index contributed by atoms with van der Waals surface area (Å²) in [5, 5.41) is 10.3. The summed E-state index contributed by atoms with van der Waals surface area (Å²) < 4.78 is 58.2. The highest BCUT2D eigenvalue weighted by molar-refractivity contribution is 5.83. The van der Waals surface area contributed by atoms with E-state index in [9.17, 15) is 23.1 Å². The number of halogens is 3. The van der Waals surface area contributed by atoms with Gasteiger partial charge in [-0.05, 0) is 35.4 Å². The summed E-state index contributed by atoms with van der Waals surface area (Å²) in [6.07, 6.45) is -5.01. The van der Waals surface area contributed by atoms with Crippen LogP contribution in [0, 0.1) is 0 Å². The predicted molar refractivity (Wildman–Crippen MR) is 127 cm³/mol. The zero-order valence-electron chi connectivity index (χ0n) is 19.0. The molecule has 3 aromatic carbocycles. The Bertz CT molecular complexity index is 1430. The number of alkyl halides is 3. The molecule has 0 unspecified atom stereocenters. The van der Waals surface area contributed by atoms with Crippen LogP contribution in [0.25, 0.3) is 22.1 Å². The molecule has 1 fully saturated rings. The van der Waals surface area contributed by atoms with Gasteiger partial charge < -0.3 is 19.0 Å². The lowest BCUT2D eigenvalue weighted by atomic mass is 10.1. The number of phenolic OH excluding ortho intramolecular Hbond substituents is 1. The second-order valence-corrected chi connectivity index (χ2v) is 8.41. The average Bonchev–Trinajstić information content (AvgIpc) is 2.88. The maximum absolute atomic E-state index is 14.0. The second-order valence-electron chi connectivity index (χ2n) is 8.41. The summed E-state index contributed by atoms with van der Waals surface area (Å²) in [5.41, 5.74) is 0.589. The fourth-order valence-corrected chi connectivity index (χ4v) is 4.17. The Morgan fingerprint density at radius 2 is 1.58 bits per heavy atom. The quantitative estimate of drug-likeness (QED) is 0.375. The van der Waals surface area contributed by atoms with Crippen LogP contribution in [-0.4, -0.2) is 36.3 Å². The summed E-state index contributed by atoms with van der Waals surface area (Å²) in [7, 11) is 0. The van der Waals surface area contributed by atoms with Crippen molar-refractivity contribution < 1.29 is 32.2 Å². The first-order valence-corrected chi connectivity index (χ1v) is 11.3. The van der Waals surface area contributed by atoms with Crippen LogP contribution < -0.4 is 10.2 Å². The third-order valence-electron chi connectivity index (χ3n) is 6.02. The Morgan fingerprint density at radius 1 is 0.917 bits per heavy atom. The van der Waals surface area contributed by atoms with Crippen LogP contribution in [0.3, 0.4) is 0 Å². The van der Waals surface area contributed by atoms with E-state index in [0.29, 0.717) is 26.3 Å². The van der Waals surface area contributed by atoms with Crippen LogP contribution in [0.1, 0.15) is 11.3 Å². The molecule has 0 aliphatic carbocycles. The van der Waals surface area contributed by atoms with Crippen molar-refractivity contribution in [2.24, 2.45) is 0 Å². The van der Waals surface area contributed by atoms with Crippen LogP contribution in [0.2, 0.25) is 0 Å². The van der Waals surface area contributed by atoms with Gasteiger partial charge in [0.15, 0.2) is 0 Å². The smallest absolute Gasteiger partial charge is 0.453 e. The van der Waals surface area contributed by atoms with Crippen molar-refractivity contribution in [2.75, 3.05) is 26.3 Å². The van der Waals surface area contributed by atoms with Crippen molar-refractivity contribution in [3.8, 4) is 28.4 Å². The molecule has 0 spiro atoms. The molecule has 0 saturated carbocycles. The lowest BCUT2D eigenvalue weighted by Gasteiger charge is -2.27. The van der Waals surface area contributed by atoms with Gasteiger partial charge in [0.05, 0.1) is 24.2 Å². The minimum atomic E-state index is -5.01. The van der Waals surface area contributed by atoms with Crippen molar-refractivity contribution in [1.82, 2.24) is 4.90 Å². The number of hydrogen-bond acceptors (Lipinski definition) is 6. The highest BCUT2D eigenvalue weighted by Crippen LogP contribution is 2.40. The van der Waals surface area contributed by atoms with Gasteiger partial charge in [-0.15, -0.1) is 0 Å². The van der Waals surface area contributed by atoms with Crippen molar-refractivity contribution in [3.05, 3.63) is 88.3 Å². The van der Waals surface area contributed by atoms with Gasteiger partial charge in [0.1, 0.15) is 17.1 Å². The molecule has 1 aromatic heterocycles. The van der Waals surface area contributed by atoms with Gasteiger partial charge in [-0.1, -0.05) is 42.5 Å². The maximum atomic E-state index is 14.0. The molecule has 36 heavy (non-hydrogen) atoms. The molecule has 1 aliphatic rings. The zero-order valence-corrected chi connectivity index (χ0v) is 19.0. The number of ether oxygens (including phenoxy) is 2. The van der Waals surface area contributed by atoms with Crippen LogP contribution >= 0.6 is 0 Å². The lowest BCUT2D eigenvalue weighted by Crippen LogP contribution is -2.35. The molecule has 5 rings (SSSR count). The van der Waals surface area contributed by atoms with Gasteiger partial charge in [0.25, 0.3) is 5.76 Å². The van der Waals surface area contributed by atoms with Crippen LogP contribution in [0.4, 0.5) is 13.2 Å². The number of rotatable bonds is 5. The molecule has 0 amide bonds. The van der Waals surface area contributed by atoms with Gasteiger partial charge in [-0.25, -0.2) is 0 Å². The van der Waals surface area contributed by atoms with Gasteiger partial charge in [0.2, 0.25) is 11.2 Å². The molecule has 1 aliphatic heterocycles. The SMILES string of the molecule is O=c1c(Oc2ccc(-c3ccccc3)cc2)c(C(F)(F)F)oc2c(CN3CCOCC3)c(O)ccc12. The Hall–Kier alpha value is -3.82. The normalized spacial score (nSPS) is 14.8.